The van der Waals surface area contributed by atoms with Crippen LogP contribution >= 0.6 is 0 Å². The smallest absolute Gasteiger partial charge is 0.126 e. The van der Waals surface area contributed by atoms with Gasteiger partial charge in [-0.2, -0.15) is 0 Å². The highest BCUT2D eigenvalue weighted by atomic mass is 16.5. The van der Waals surface area contributed by atoms with Crippen LogP contribution in [-0.4, -0.2) is 0 Å². The molecule has 0 amide bonds. The maximum absolute atomic E-state index is 6.18. The predicted octanol–water partition coefficient (Wildman–Crippen LogP) is 5.24. The highest BCUT2D eigenvalue weighted by Gasteiger charge is 2.17. The molecule has 2 aromatic rings. The van der Waals surface area contributed by atoms with Crippen molar-refractivity contribution in [1.29, 1.82) is 0 Å². The number of ether oxygens (including phenoxy) is 1. The molecule has 2 rings (SSSR count). The van der Waals surface area contributed by atoms with Crippen molar-refractivity contribution in [2.75, 3.05) is 5.73 Å². The topological polar surface area (TPSA) is 35.2 Å². The molecule has 0 saturated heterocycles. The van der Waals surface area contributed by atoms with E-state index >= 15 is 0 Å². The predicted molar refractivity (Wildman–Crippen MR) is 94.0 cm³/mol. The van der Waals surface area contributed by atoms with Crippen molar-refractivity contribution in [3.63, 3.8) is 0 Å². The van der Waals surface area contributed by atoms with Gasteiger partial charge in [-0.15, -0.1) is 0 Å². The quantitative estimate of drug-likeness (QED) is 0.740. The summed E-state index contributed by atoms with van der Waals surface area (Å²) in [5.74, 6) is 1.94. The number of anilines is 1. The minimum atomic E-state index is 0.0525. The Kier molecular flexibility index (Phi) is 5.48. The van der Waals surface area contributed by atoms with Crippen molar-refractivity contribution in [1.82, 2.24) is 0 Å². The summed E-state index contributed by atoms with van der Waals surface area (Å²) in [6, 6.07) is 16.4. The molecule has 0 bridgehead atoms. The number of nitrogen functional groups attached to an aromatic ring is 1. The number of hydrogen-bond donors (Lipinski definition) is 1. The van der Waals surface area contributed by atoms with Crippen LogP contribution < -0.4 is 10.5 Å². The molecule has 1 atom stereocenters. The van der Waals surface area contributed by atoms with E-state index in [1.807, 2.05) is 24.3 Å². The summed E-state index contributed by atoms with van der Waals surface area (Å²) in [6.07, 6.45) is 1.17. The van der Waals surface area contributed by atoms with Gasteiger partial charge in [-0.3, -0.25) is 0 Å². The Morgan fingerprint density at radius 2 is 1.45 bits per heavy atom. The fourth-order valence-electron chi connectivity index (χ4n) is 2.60. The zero-order valence-corrected chi connectivity index (χ0v) is 14.0. The van der Waals surface area contributed by atoms with E-state index in [0.717, 1.165) is 17.9 Å². The van der Waals surface area contributed by atoms with E-state index in [9.17, 15) is 0 Å². The van der Waals surface area contributed by atoms with Crippen LogP contribution in [0, 0.1) is 11.8 Å². The van der Waals surface area contributed by atoms with Crippen LogP contribution in [0.25, 0.3) is 0 Å². The average Bonchev–Trinajstić information content (AvgIpc) is 2.47. The zero-order chi connectivity index (χ0) is 16.1. The van der Waals surface area contributed by atoms with Crippen LogP contribution in [-0.2, 0) is 6.42 Å². The molecule has 0 aliphatic heterocycles. The van der Waals surface area contributed by atoms with Crippen molar-refractivity contribution in [2.45, 2.75) is 40.2 Å². The molecule has 2 N–H and O–H groups in total. The Morgan fingerprint density at radius 1 is 0.864 bits per heavy atom. The molecule has 0 radical (unpaired) electrons. The summed E-state index contributed by atoms with van der Waals surface area (Å²) in [5, 5.41) is 0. The zero-order valence-electron chi connectivity index (χ0n) is 14.0. The molecule has 2 nitrogen and oxygen atoms in total. The standard InChI is InChI=1S/C20H27NO/c1-14(2)13-16-5-7-17(8-6-16)20(15(3)4)22-19-11-9-18(21)10-12-19/h5-12,14-15,20H,13,21H2,1-4H3. The Labute approximate surface area is 134 Å². The minimum Gasteiger partial charge on any atom is -0.485 e. The van der Waals surface area contributed by atoms with Gasteiger partial charge in [0.1, 0.15) is 11.9 Å². The van der Waals surface area contributed by atoms with E-state index in [-0.39, 0.29) is 6.10 Å². The van der Waals surface area contributed by atoms with Crippen LogP contribution in [0.3, 0.4) is 0 Å². The maximum atomic E-state index is 6.18. The van der Waals surface area contributed by atoms with Gasteiger partial charge >= 0.3 is 0 Å². The fourth-order valence-corrected chi connectivity index (χ4v) is 2.60. The van der Waals surface area contributed by atoms with Crippen molar-refractivity contribution >= 4 is 5.69 Å². The molecule has 0 saturated carbocycles. The first-order valence-electron chi connectivity index (χ1n) is 8.06. The van der Waals surface area contributed by atoms with E-state index in [2.05, 4.69) is 52.0 Å². The lowest BCUT2D eigenvalue weighted by Crippen LogP contribution is -2.14. The van der Waals surface area contributed by atoms with Crippen LogP contribution in [0.5, 0.6) is 5.75 Å². The van der Waals surface area contributed by atoms with Crippen molar-refractivity contribution < 1.29 is 4.74 Å². The summed E-state index contributed by atoms with van der Waals surface area (Å²) in [4.78, 5) is 0. The Balaban J connectivity index is 2.15. The molecule has 0 aromatic heterocycles. The first kappa shape index (κ1) is 16.4. The van der Waals surface area contributed by atoms with E-state index in [1.54, 1.807) is 0 Å². The lowest BCUT2D eigenvalue weighted by atomic mass is 9.95. The van der Waals surface area contributed by atoms with Gasteiger partial charge in [0.2, 0.25) is 0 Å². The van der Waals surface area contributed by atoms with E-state index in [1.165, 1.54) is 11.1 Å². The summed E-state index contributed by atoms with van der Waals surface area (Å²) in [5.41, 5.74) is 9.09. The van der Waals surface area contributed by atoms with Crippen molar-refractivity contribution in [2.24, 2.45) is 11.8 Å². The van der Waals surface area contributed by atoms with Crippen LogP contribution in [0.15, 0.2) is 48.5 Å². The lowest BCUT2D eigenvalue weighted by Gasteiger charge is -2.23. The monoisotopic (exact) mass is 297 g/mol. The molecule has 0 fully saturated rings. The summed E-state index contributed by atoms with van der Waals surface area (Å²) >= 11 is 0. The third kappa shape index (κ3) is 4.52. The molecule has 2 heteroatoms. The summed E-state index contributed by atoms with van der Waals surface area (Å²) in [7, 11) is 0. The Morgan fingerprint density at radius 3 is 1.95 bits per heavy atom. The third-order valence-electron chi connectivity index (χ3n) is 3.70. The molecule has 1 unspecified atom stereocenters. The van der Waals surface area contributed by atoms with Gasteiger partial charge in [-0.1, -0.05) is 52.0 Å². The highest BCUT2D eigenvalue weighted by molar-refractivity contribution is 5.41. The number of rotatable bonds is 6. The van der Waals surface area contributed by atoms with Crippen molar-refractivity contribution in [3.8, 4) is 5.75 Å². The van der Waals surface area contributed by atoms with Crippen LogP contribution in [0.2, 0.25) is 0 Å². The summed E-state index contributed by atoms with van der Waals surface area (Å²) < 4.78 is 6.18. The minimum absolute atomic E-state index is 0.0525. The van der Waals surface area contributed by atoms with Gasteiger partial charge in [-0.25, -0.2) is 0 Å². The van der Waals surface area contributed by atoms with Crippen molar-refractivity contribution in [3.05, 3.63) is 59.7 Å². The molecular formula is C20H27NO. The van der Waals surface area contributed by atoms with E-state index < -0.39 is 0 Å². The van der Waals surface area contributed by atoms with E-state index in [4.69, 9.17) is 10.5 Å². The Bertz CT molecular complexity index is 570. The second-order valence-corrected chi connectivity index (χ2v) is 6.69. The summed E-state index contributed by atoms with van der Waals surface area (Å²) in [6.45, 7) is 8.86. The molecule has 22 heavy (non-hydrogen) atoms. The largest absolute Gasteiger partial charge is 0.485 e. The van der Waals surface area contributed by atoms with Gasteiger partial charge in [0, 0.05) is 5.69 Å². The normalized spacial score (nSPS) is 12.6. The Hall–Kier alpha value is -1.96. The molecule has 0 spiro atoms. The van der Waals surface area contributed by atoms with Crippen LogP contribution in [0.4, 0.5) is 5.69 Å². The number of hydrogen-bond acceptors (Lipinski definition) is 2. The van der Waals surface area contributed by atoms with Gasteiger partial charge in [0.05, 0.1) is 0 Å². The molecule has 0 aliphatic carbocycles. The van der Waals surface area contributed by atoms with Crippen LogP contribution in [0.1, 0.15) is 44.9 Å². The second-order valence-electron chi connectivity index (χ2n) is 6.69. The molecule has 2 aromatic carbocycles. The van der Waals surface area contributed by atoms with Gasteiger partial charge in [0.15, 0.2) is 0 Å². The SMILES string of the molecule is CC(C)Cc1ccc(C(Oc2ccc(N)cc2)C(C)C)cc1. The third-order valence-corrected chi connectivity index (χ3v) is 3.70. The highest BCUT2D eigenvalue weighted by Crippen LogP contribution is 2.29. The maximum Gasteiger partial charge on any atom is 0.126 e. The van der Waals surface area contributed by atoms with E-state index in [0.29, 0.717) is 11.8 Å². The first-order valence-corrected chi connectivity index (χ1v) is 8.06. The second kappa shape index (κ2) is 7.35. The van der Waals surface area contributed by atoms with Gasteiger partial charge in [-0.05, 0) is 53.6 Å². The lowest BCUT2D eigenvalue weighted by molar-refractivity contribution is 0.153. The van der Waals surface area contributed by atoms with Gasteiger partial charge < -0.3 is 10.5 Å². The molecule has 0 aliphatic rings. The molecule has 118 valence electrons. The molecular weight excluding hydrogens is 270 g/mol. The fraction of sp³-hybridized carbons (Fsp3) is 0.400. The number of nitrogens with two attached hydrogens (primary N) is 1. The number of benzene rings is 2. The van der Waals surface area contributed by atoms with Gasteiger partial charge in [0.25, 0.3) is 0 Å². The average molecular weight is 297 g/mol. The molecule has 0 heterocycles. The first-order chi connectivity index (χ1) is 10.5.